The van der Waals surface area contributed by atoms with Crippen molar-refractivity contribution in [2.75, 3.05) is 18.9 Å². The van der Waals surface area contributed by atoms with Gasteiger partial charge in [-0.2, -0.15) is 8.42 Å². The summed E-state index contributed by atoms with van der Waals surface area (Å²) in [5, 5.41) is 29.2. The van der Waals surface area contributed by atoms with Crippen LogP contribution in [0.15, 0.2) is 12.7 Å². The van der Waals surface area contributed by atoms with Crippen molar-refractivity contribution < 1.29 is 37.5 Å². The number of carbonyl (C=O) groups excluding carboxylic acids is 1. The molecule has 8 N–H and O–H groups in total. The Morgan fingerprint density at radius 3 is 2.76 bits per heavy atom. The topological polar surface area (TPSA) is 238 Å². The molecular formula is C13H19N7O8S. The first-order chi connectivity index (χ1) is 13.6. The van der Waals surface area contributed by atoms with Gasteiger partial charge in [-0.05, 0) is 0 Å². The molecule has 0 radical (unpaired) electrons. The van der Waals surface area contributed by atoms with Crippen LogP contribution in [0.1, 0.15) is 6.23 Å². The van der Waals surface area contributed by atoms with Gasteiger partial charge in [0.1, 0.15) is 36.2 Å². The van der Waals surface area contributed by atoms with E-state index in [2.05, 4.69) is 19.1 Å². The first-order valence-electron chi connectivity index (χ1n) is 8.16. The molecule has 2 aromatic rings. The van der Waals surface area contributed by atoms with E-state index in [-0.39, 0.29) is 17.0 Å². The number of aliphatic hydroxyl groups excluding tert-OH is 3. The fraction of sp³-hybridized carbons (Fsp3) is 0.538. The summed E-state index contributed by atoms with van der Waals surface area (Å²) in [6.07, 6.45) is -2.99. The van der Waals surface area contributed by atoms with Crippen molar-refractivity contribution in [2.24, 2.45) is 5.73 Å². The van der Waals surface area contributed by atoms with Crippen molar-refractivity contribution in [3.63, 3.8) is 0 Å². The highest BCUT2D eigenvalue weighted by atomic mass is 32.2. The largest absolute Gasteiger partial charge is 0.394 e. The molecule has 0 spiro atoms. The Balaban J connectivity index is 1.70. The van der Waals surface area contributed by atoms with Crippen LogP contribution >= 0.6 is 0 Å². The third kappa shape index (κ3) is 4.27. The fourth-order valence-electron chi connectivity index (χ4n) is 2.62. The summed E-state index contributed by atoms with van der Waals surface area (Å²) in [6.45, 7) is -1.50. The van der Waals surface area contributed by atoms with Crippen molar-refractivity contribution in [2.45, 2.75) is 30.6 Å². The average molecular weight is 433 g/mol. The smallest absolute Gasteiger partial charge is 0.362 e. The van der Waals surface area contributed by atoms with Gasteiger partial charge in [0.05, 0.1) is 19.5 Å². The summed E-state index contributed by atoms with van der Waals surface area (Å²) in [6, 6.07) is -1.46. The van der Waals surface area contributed by atoms with Crippen molar-refractivity contribution in [3.8, 4) is 0 Å². The Morgan fingerprint density at radius 2 is 2.07 bits per heavy atom. The SMILES string of the molecule is Nc1ncnc2c1ncn2[C@@H]1O[C@H](COS(=O)(=O)NC(=O)[C@@H](N)CO)[C@@H](O)[C@H]1O. The number of ether oxygens (including phenoxy) is 1. The number of nitrogens with two attached hydrogens (primary N) is 2. The molecule has 1 aliphatic heterocycles. The highest BCUT2D eigenvalue weighted by molar-refractivity contribution is 7.85. The summed E-state index contributed by atoms with van der Waals surface area (Å²) in [7, 11) is -4.60. The Hall–Kier alpha value is -2.47. The van der Waals surface area contributed by atoms with E-state index in [0.717, 1.165) is 0 Å². The minimum absolute atomic E-state index is 0.101. The number of nitrogen functional groups attached to an aromatic ring is 1. The number of amides is 1. The lowest BCUT2D eigenvalue weighted by Crippen LogP contribution is -2.46. The maximum Gasteiger partial charge on any atom is 0.362 e. The van der Waals surface area contributed by atoms with E-state index >= 15 is 0 Å². The lowest BCUT2D eigenvalue weighted by atomic mass is 10.1. The summed E-state index contributed by atoms with van der Waals surface area (Å²) < 4.78 is 36.5. The van der Waals surface area contributed by atoms with Crippen molar-refractivity contribution >= 4 is 33.2 Å². The summed E-state index contributed by atoms with van der Waals surface area (Å²) >= 11 is 0. The van der Waals surface area contributed by atoms with Gasteiger partial charge in [-0.15, -0.1) is 0 Å². The zero-order valence-electron chi connectivity index (χ0n) is 14.7. The fourth-order valence-corrected chi connectivity index (χ4v) is 3.39. The highest BCUT2D eigenvalue weighted by Crippen LogP contribution is 2.32. The van der Waals surface area contributed by atoms with Crippen LogP contribution in [0.5, 0.6) is 0 Å². The van der Waals surface area contributed by atoms with E-state index in [9.17, 15) is 23.4 Å². The zero-order valence-corrected chi connectivity index (χ0v) is 15.5. The Morgan fingerprint density at radius 1 is 1.34 bits per heavy atom. The van der Waals surface area contributed by atoms with Gasteiger partial charge in [0.2, 0.25) is 0 Å². The van der Waals surface area contributed by atoms with Crippen LogP contribution in [0.4, 0.5) is 5.82 Å². The Bertz CT molecular complexity index is 998. The molecule has 0 saturated carbocycles. The quantitative estimate of drug-likeness (QED) is 0.243. The standard InChI is InChI=1S/C13H19N7O8S/c14-5(1-21)12(24)19-29(25,26)27-2-6-8(22)9(23)13(28-6)20-4-18-7-10(15)16-3-17-11(7)20/h3-6,8-9,13,21-23H,1-2,14H2,(H,19,24)(H2,15,16,17)/t5-,6+,8+,9+,13+/m0/s1. The molecule has 3 rings (SSSR count). The second-order valence-corrected chi connectivity index (χ2v) is 7.47. The molecule has 2 aromatic heterocycles. The summed E-state index contributed by atoms with van der Waals surface area (Å²) in [5.41, 5.74) is 11.4. The molecule has 1 fully saturated rings. The normalized spacial score (nSPS) is 25.9. The third-order valence-corrected chi connectivity index (χ3v) is 5.04. The molecule has 0 aromatic carbocycles. The average Bonchev–Trinajstić information content (AvgIpc) is 3.22. The highest BCUT2D eigenvalue weighted by Gasteiger charge is 2.45. The molecule has 5 atom stereocenters. The third-order valence-electron chi connectivity index (χ3n) is 4.14. The zero-order chi connectivity index (χ0) is 21.3. The molecule has 29 heavy (non-hydrogen) atoms. The molecule has 0 unspecified atom stereocenters. The first kappa shape index (κ1) is 21.2. The molecule has 15 nitrogen and oxygen atoms in total. The van der Waals surface area contributed by atoms with Gasteiger partial charge in [-0.3, -0.25) is 13.5 Å². The maximum absolute atomic E-state index is 11.8. The second-order valence-electron chi connectivity index (χ2n) is 6.12. The van der Waals surface area contributed by atoms with E-state index in [4.69, 9.17) is 21.3 Å². The van der Waals surface area contributed by atoms with Crippen LogP contribution in [-0.4, -0.2) is 86.7 Å². The predicted octanol–water partition coefficient (Wildman–Crippen LogP) is -4.28. The van der Waals surface area contributed by atoms with Gasteiger partial charge in [0.15, 0.2) is 17.7 Å². The van der Waals surface area contributed by atoms with Crippen LogP contribution in [0.2, 0.25) is 0 Å². The number of aliphatic hydroxyl groups is 3. The lowest BCUT2D eigenvalue weighted by Gasteiger charge is -2.16. The number of rotatable bonds is 7. The van der Waals surface area contributed by atoms with Crippen molar-refractivity contribution in [3.05, 3.63) is 12.7 Å². The van der Waals surface area contributed by atoms with Crippen LogP contribution in [0.25, 0.3) is 11.2 Å². The number of hydrogen-bond acceptors (Lipinski definition) is 13. The van der Waals surface area contributed by atoms with Crippen molar-refractivity contribution in [1.29, 1.82) is 0 Å². The Labute approximate surface area is 163 Å². The van der Waals surface area contributed by atoms with E-state index < -0.39 is 60.0 Å². The van der Waals surface area contributed by atoms with Gasteiger partial charge in [-0.25, -0.2) is 19.7 Å². The number of fused-ring (bicyclic) bond motifs is 1. The number of nitrogens with one attached hydrogen (secondary N) is 1. The van der Waals surface area contributed by atoms with E-state index in [1.165, 1.54) is 21.9 Å². The maximum atomic E-state index is 11.8. The van der Waals surface area contributed by atoms with Gasteiger partial charge >= 0.3 is 10.3 Å². The number of imidazole rings is 1. The summed E-state index contributed by atoms with van der Waals surface area (Å²) in [4.78, 5) is 23.3. The number of hydrogen-bond donors (Lipinski definition) is 6. The number of anilines is 1. The van der Waals surface area contributed by atoms with E-state index in [1.54, 1.807) is 0 Å². The van der Waals surface area contributed by atoms with Crippen LogP contribution in [-0.2, 0) is 24.0 Å². The molecule has 160 valence electrons. The monoisotopic (exact) mass is 433 g/mol. The minimum atomic E-state index is -4.60. The van der Waals surface area contributed by atoms with Crippen molar-refractivity contribution in [1.82, 2.24) is 24.2 Å². The van der Waals surface area contributed by atoms with Gasteiger partial charge in [0, 0.05) is 0 Å². The Kier molecular flexibility index (Phi) is 5.94. The number of carbonyl (C=O) groups is 1. The predicted molar refractivity (Wildman–Crippen MR) is 93.7 cm³/mol. The minimum Gasteiger partial charge on any atom is -0.394 e. The van der Waals surface area contributed by atoms with E-state index in [0.29, 0.717) is 0 Å². The summed E-state index contributed by atoms with van der Waals surface area (Å²) in [5.74, 6) is -1.08. The first-order valence-corrected chi connectivity index (χ1v) is 9.57. The van der Waals surface area contributed by atoms with Crippen LogP contribution in [0, 0.1) is 0 Å². The number of aromatic nitrogens is 4. The lowest BCUT2D eigenvalue weighted by molar-refractivity contribution is -0.121. The van der Waals surface area contributed by atoms with Gasteiger partial charge < -0.3 is 31.5 Å². The molecular weight excluding hydrogens is 414 g/mol. The van der Waals surface area contributed by atoms with E-state index in [1.807, 2.05) is 0 Å². The molecule has 16 heteroatoms. The molecule has 1 amide bonds. The van der Waals surface area contributed by atoms with Crippen LogP contribution < -0.4 is 16.2 Å². The molecule has 1 saturated heterocycles. The second kappa shape index (κ2) is 8.11. The molecule has 3 heterocycles. The molecule has 1 aliphatic rings. The molecule has 0 bridgehead atoms. The molecule has 0 aliphatic carbocycles. The van der Waals surface area contributed by atoms with Gasteiger partial charge in [-0.1, -0.05) is 0 Å². The number of nitrogens with zero attached hydrogens (tertiary/aromatic N) is 4. The van der Waals surface area contributed by atoms with Crippen LogP contribution in [0.3, 0.4) is 0 Å². The van der Waals surface area contributed by atoms with Gasteiger partial charge in [0.25, 0.3) is 5.91 Å².